The number of nitrogens with zero attached hydrogens (tertiary/aromatic N) is 2. The van der Waals surface area contributed by atoms with Gasteiger partial charge in [0.2, 0.25) is 0 Å². The van der Waals surface area contributed by atoms with Crippen LogP contribution in [0.3, 0.4) is 0 Å². The quantitative estimate of drug-likeness (QED) is 0.699. The molecule has 0 amide bonds. The van der Waals surface area contributed by atoms with E-state index in [0.717, 1.165) is 32.2 Å². The Morgan fingerprint density at radius 2 is 2.05 bits per heavy atom. The molecule has 0 bridgehead atoms. The average Bonchev–Trinajstić information content (AvgIpc) is 3.31. The van der Waals surface area contributed by atoms with Crippen molar-refractivity contribution in [3.63, 3.8) is 0 Å². The first-order valence-corrected chi connectivity index (χ1v) is 8.41. The number of hydrogen-bond acceptors (Lipinski definition) is 4. The molecule has 2 unspecified atom stereocenters. The predicted octanol–water partition coefficient (Wildman–Crippen LogP) is 0.998. The second kappa shape index (κ2) is 5.86. The van der Waals surface area contributed by atoms with Crippen molar-refractivity contribution in [3.8, 4) is 0 Å². The number of carbonyl (C=O) groups is 1. The van der Waals surface area contributed by atoms with Crippen LogP contribution in [0.25, 0.3) is 0 Å². The number of carboxylic acids is 1. The van der Waals surface area contributed by atoms with Gasteiger partial charge < -0.3 is 14.9 Å². The lowest BCUT2D eigenvalue weighted by Crippen LogP contribution is -2.61. The molecule has 3 aliphatic rings. The molecule has 5 heteroatoms. The number of aliphatic carboxylic acids is 1. The van der Waals surface area contributed by atoms with Crippen molar-refractivity contribution in [3.05, 3.63) is 0 Å². The predicted molar refractivity (Wildman–Crippen MR) is 82.4 cm³/mol. The van der Waals surface area contributed by atoms with Crippen LogP contribution in [0.15, 0.2) is 0 Å². The van der Waals surface area contributed by atoms with Gasteiger partial charge >= 0.3 is 5.97 Å². The maximum Gasteiger partial charge on any atom is 0.325 e. The number of likely N-dealkylation sites (tertiary alicyclic amines) is 1. The fourth-order valence-electron chi connectivity index (χ4n) is 3.82. The summed E-state index contributed by atoms with van der Waals surface area (Å²) < 4.78 is 0. The molecule has 0 radical (unpaired) electrons. The monoisotopic (exact) mass is 295 g/mol. The Bertz CT molecular complexity index is 395. The van der Waals surface area contributed by atoms with E-state index in [1.807, 2.05) is 0 Å². The Labute approximate surface area is 127 Å². The number of rotatable bonds is 8. The fraction of sp³-hybridized carbons (Fsp3) is 0.938. The Morgan fingerprint density at radius 1 is 1.33 bits per heavy atom. The van der Waals surface area contributed by atoms with Crippen molar-refractivity contribution < 1.29 is 9.90 Å². The fourth-order valence-corrected chi connectivity index (χ4v) is 3.82. The van der Waals surface area contributed by atoms with Crippen molar-refractivity contribution in [2.24, 2.45) is 5.92 Å². The van der Waals surface area contributed by atoms with Gasteiger partial charge in [0.25, 0.3) is 0 Å². The van der Waals surface area contributed by atoms with Gasteiger partial charge in [0.05, 0.1) is 0 Å². The zero-order chi connectivity index (χ0) is 15.0. The highest BCUT2D eigenvalue weighted by atomic mass is 16.4. The van der Waals surface area contributed by atoms with Gasteiger partial charge in [-0.05, 0) is 65.1 Å². The second-order valence-corrected chi connectivity index (χ2v) is 7.44. The number of hydrogen-bond donors (Lipinski definition) is 2. The lowest BCUT2D eigenvalue weighted by molar-refractivity contribution is -0.147. The van der Waals surface area contributed by atoms with Crippen LogP contribution < -0.4 is 5.32 Å². The molecule has 0 aromatic heterocycles. The van der Waals surface area contributed by atoms with E-state index >= 15 is 0 Å². The average molecular weight is 295 g/mol. The Morgan fingerprint density at radius 3 is 2.52 bits per heavy atom. The summed E-state index contributed by atoms with van der Waals surface area (Å²) in [7, 11) is 4.26. The van der Waals surface area contributed by atoms with E-state index in [1.165, 1.54) is 19.4 Å². The van der Waals surface area contributed by atoms with Crippen molar-refractivity contribution in [2.75, 3.05) is 33.7 Å². The molecule has 2 atom stereocenters. The molecule has 0 aromatic carbocycles. The van der Waals surface area contributed by atoms with Gasteiger partial charge in [0, 0.05) is 25.2 Å². The van der Waals surface area contributed by atoms with Gasteiger partial charge in [-0.1, -0.05) is 0 Å². The molecule has 3 fully saturated rings. The number of nitrogens with one attached hydrogen (secondary N) is 1. The lowest BCUT2D eigenvalue weighted by atomic mass is 9.92. The molecule has 2 saturated carbocycles. The summed E-state index contributed by atoms with van der Waals surface area (Å²) in [5.74, 6) is -0.331. The highest BCUT2D eigenvalue weighted by molar-refractivity contribution is 5.80. The van der Waals surface area contributed by atoms with E-state index < -0.39 is 11.5 Å². The third-order valence-corrected chi connectivity index (χ3v) is 5.41. The van der Waals surface area contributed by atoms with Crippen LogP contribution >= 0.6 is 0 Å². The molecule has 1 aliphatic heterocycles. The van der Waals surface area contributed by atoms with Crippen LogP contribution in [-0.2, 0) is 4.79 Å². The van der Waals surface area contributed by atoms with Crippen LogP contribution in [0.1, 0.15) is 38.5 Å². The molecule has 21 heavy (non-hydrogen) atoms. The van der Waals surface area contributed by atoms with E-state index in [2.05, 4.69) is 29.2 Å². The Kier molecular flexibility index (Phi) is 4.26. The molecular weight excluding hydrogens is 266 g/mol. The van der Waals surface area contributed by atoms with Crippen LogP contribution in [0, 0.1) is 5.92 Å². The number of likely N-dealkylation sites (N-methyl/N-ethyl adjacent to an activating group) is 2. The van der Waals surface area contributed by atoms with E-state index in [1.54, 1.807) is 0 Å². The molecule has 0 spiro atoms. The van der Waals surface area contributed by atoms with Crippen molar-refractivity contribution in [2.45, 2.75) is 56.1 Å². The molecule has 3 rings (SSSR count). The summed E-state index contributed by atoms with van der Waals surface area (Å²) in [5, 5.41) is 13.4. The van der Waals surface area contributed by atoms with Gasteiger partial charge in [-0.3, -0.25) is 10.1 Å². The maximum absolute atomic E-state index is 12.0. The normalized spacial score (nSPS) is 29.8. The van der Waals surface area contributed by atoms with Crippen LogP contribution in [0.4, 0.5) is 0 Å². The molecule has 120 valence electrons. The van der Waals surface area contributed by atoms with Crippen molar-refractivity contribution >= 4 is 5.97 Å². The zero-order valence-corrected chi connectivity index (χ0v) is 13.3. The van der Waals surface area contributed by atoms with Crippen LogP contribution in [-0.4, -0.2) is 72.2 Å². The summed E-state index contributed by atoms with van der Waals surface area (Å²) in [5.41, 5.74) is -0.715. The van der Waals surface area contributed by atoms with E-state index in [0.29, 0.717) is 24.5 Å². The minimum absolute atomic E-state index is 0.319. The van der Waals surface area contributed by atoms with E-state index in [4.69, 9.17) is 0 Å². The molecule has 0 aromatic rings. The van der Waals surface area contributed by atoms with Crippen LogP contribution in [0.5, 0.6) is 0 Å². The van der Waals surface area contributed by atoms with Gasteiger partial charge in [-0.2, -0.15) is 0 Å². The van der Waals surface area contributed by atoms with Gasteiger partial charge in [0.15, 0.2) is 0 Å². The molecular formula is C16H29N3O2. The number of carboxylic acid groups (broad SMARTS) is 1. The first kappa shape index (κ1) is 15.3. The second-order valence-electron chi connectivity index (χ2n) is 7.44. The van der Waals surface area contributed by atoms with Gasteiger partial charge in [-0.15, -0.1) is 0 Å². The maximum atomic E-state index is 12.0. The third kappa shape index (κ3) is 3.41. The smallest absolute Gasteiger partial charge is 0.325 e. The van der Waals surface area contributed by atoms with Gasteiger partial charge in [0.1, 0.15) is 5.54 Å². The highest BCUT2D eigenvalue weighted by Gasteiger charge is 2.53. The molecule has 2 N–H and O–H groups in total. The van der Waals surface area contributed by atoms with E-state index in [9.17, 15) is 9.90 Å². The van der Waals surface area contributed by atoms with E-state index in [-0.39, 0.29) is 0 Å². The summed E-state index contributed by atoms with van der Waals surface area (Å²) in [6.45, 7) is 2.78. The molecule has 1 saturated heterocycles. The summed E-state index contributed by atoms with van der Waals surface area (Å²) >= 11 is 0. The van der Waals surface area contributed by atoms with Crippen LogP contribution in [0.2, 0.25) is 0 Å². The van der Waals surface area contributed by atoms with Crippen molar-refractivity contribution in [1.29, 1.82) is 0 Å². The topological polar surface area (TPSA) is 55.8 Å². The molecule has 1 heterocycles. The molecule has 2 aliphatic carbocycles. The standard InChI is InChI=1S/C16H29N3O2/c1-18(10-14-4-3-9-19(14)2)11-16(15(20)21,12-5-6-12)17-13-7-8-13/h12-14,17H,3-11H2,1-2H3,(H,20,21). The highest BCUT2D eigenvalue weighted by Crippen LogP contribution is 2.42. The minimum atomic E-state index is -0.715. The summed E-state index contributed by atoms with van der Waals surface area (Å²) in [6.07, 6.45) is 6.89. The van der Waals surface area contributed by atoms with Crippen molar-refractivity contribution in [1.82, 2.24) is 15.1 Å². The van der Waals surface area contributed by atoms with Gasteiger partial charge in [-0.25, -0.2) is 0 Å². The Balaban J connectivity index is 1.63. The third-order valence-electron chi connectivity index (χ3n) is 5.41. The first-order valence-electron chi connectivity index (χ1n) is 8.41. The summed E-state index contributed by atoms with van der Waals surface area (Å²) in [4.78, 5) is 16.7. The zero-order valence-electron chi connectivity index (χ0n) is 13.3. The minimum Gasteiger partial charge on any atom is -0.480 e. The first-order chi connectivity index (χ1) is 10.0. The summed E-state index contributed by atoms with van der Waals surface area (Å²) in [6, 6.07) is 1.02. The largest absolute Gasteiger partial charge is 0.480 e. The lowest BCUT2D eigenvalue weighted by Gasteiger charge is -2.36. The Hall–Kier alpha value is -0.650. The SMILES string of the molecule is CN(CC1CCCN1C)CC(NC1CC1)(C(=O)O)C1CC1. The molecule has 5 nitrogen and oxygen atoms in total.